The predicted octanol–water partition coefficient (Wildman–Crippen LogP) is 5.23. The Morgan fingerprint density at radius 2 is 1.62 bits per heavy atom. The summed E-state index contributed by atoms with van der Waals surface area (Å²) in [6.07, 6.45) is 0. The maximum absolute atomic E-state index is 13.0. The quantitative estimate of drug-likeness (QED) is 0.413. The molecule has 0 radical (unpaired) electrons. The van der Waals surface area contributed by atoms with Crippen molar-refractivity contribution < 1.29 is 18.3 Å². The van der Waals surface area contributed by atoms with Crippen molar-refractivity contribution in [3.05, 3.63) is 81.9 Å². The van der Waals surface area contributed by atoms with Crippen molar-refractivity contribution in [2.24, 2.45) is 0 Å². The van der Waals surface area contributed by atoms with Gasteiger partial charge >= 0.3 is 0 Å². The summed E-state index contributed by atoms with van der Waals surface area (Å²) < 4.78 is 28.7. The first-order valence-electron chi connectivity index (χ1n) is 10.8. The molecule has 8 heteroatoms. The smallest absolute Gasteiger partial charge is 0.262 e. The highest BCUT2D eigenvalue weighted by atomic mass is 35.5. The van der Waals surface area contributed by atoms with Gasteiger partial charge in [0.05, 0.1) is 10.5 Å². The molecule has 0 heterocycles. The first-order chi connectivity index (χ1) is 15.8. The Balaban J connectivity index is 1.85. The van der Waals surface area contributed by atoms with Crippen LogP contribution < -0.4 is 10.0 Å². The molecule has 0 fully saturated rings. The average molecular weight is 501 g/mol. The minimum Gasteiger partial charge on any atom is -0.389 e. The summed E-state index contributed by atoms with van der Waals surface area (Å²) in [5, 5.41) is 13.1. The zero-order valence-corrected chi connectivity index (χ0v) is 21.4. The predicted molar refractivity (Wildman–Crippen MR) is 137 cm³/mol. The van der Waals surface area contributed by atoms with Crippen LogP contribution in [0.25, 0.3) is 11.1 Å². The number of benzene rings is 3. The summed E-state index contributed by atoms with van der Waals surface area (Å²) in [4.78, 5) is 12.6. The van der Waals surface area contributed by atoms with E-state index in [0.717, 1.165) is 16.7 Å². The largest absolute Gasteiger partial charge is 0.389 e. The molecule has 3 rings (SSSR count). The third-order valence-corrected chi connectivity index (χ3v) is 7.28. The number of nitrogens with one attached hydrogen (secondary N) is 2. The second-order valence-electron chi connectivity index (χ2n) is 9.08. The van der Waals surface area contributed by atoms with Crippen LogP contribution in [-0.2, 0) is 10.0 Å². The van der Waals surface area contributed by atoms with Crippen molar-refractivity contribution >= 4 is 33.2 Å². The van der Waals surface area contributed by atoms with E-state index < -0.39 is 15.6 Å². The number of anilines is 1. The van der Waals surface area contributed by atoms with Crippen molar-refractivity contribution in [1.29, 1.82) is 0 Å². The number of aliphatic hydroxyl groups is 1. The van der Waals surface area contributed by atoms with Crippen LogP contribution >= 0.6 is 11.6 Å². The summed E-state index contributed by atoms with van der Waals surface area (Å²) in [7, 11) is -3.81. The SMILES string of the molecule is Cc1cc(S(=O)(=O)Nc2cccc(-c3ccc(C(=O)NCC(C)(C)O)c(C)c3)c2)c(C)cc1Cl. The second kappa shape index (κ2) is 9.78. The molecular weight excluding hydrogens is 472 g/mol. The Hall–Kier alpha value is -2.87. The number of aryl methyl sites for hydroxylation is 3. The van der Waals surface area contributed by atoms with Gasteiger partial charge in [-0.05, 0) is 92.8 Å². The average Bonchev–Trinajstić information content (AvgIpc) is 2.73. The van der Waals surface area contributed by atoms with Gasteiger partial charge in [0.2, 0.25) is 0 Å². The molecule has 0 aromatic heterocycles. The molecule has 6 nitrogen and oxygen atoms in total. The number of carbonyl (C=O) groups excluding carboxylic acids is 1. The van der Waals surface area contributed by atoms with Crippen LogP contribution in [0.1, 0.15) is 40.9 Å². The maximum Gasteiger partial charge on any atom is 0.262 e. The topological polar surface area (TPSA) is 95.5 Å². The van der Waals surface area contributed by atoms with Crippen molar-refractivity contribution in [3.63, 3.8) is 0 Å². The zero-order valence-electron chi connectivity index (χ0n) is 19.9. The van der Waals surface area contributed by atoms with Gasteiger partial charge in [-0.2, -0.15) is 0 Å². The molecule has 3 aromatic rings. The molecule has 0 aliphatic carbocycles. The summed E-state index contributed by atoms with van der Waals surface area (Å²) >= 11 is 6.11. The normalized spacial score (nSPS) is 11.9. The lowest BCUT2D eigenvalue weighted by Crippen LogP contribution is -2.38. The maximum atomic E-state index is 13.0. The Kier molecular flexibility index (Phi) is 7.41. The minimum atomic E-state index is -3.81. The summed E-state index contributed by atoms with van der Waals surface area (Å²) in [5.74, 6) is -0.263. The molecule has 0 saturated carbocycles. The van der Waals surface area contributed by atoms with Gasteiger partial charge in [0.25, 0.3) is 15.9 Å². The van der Waals surface area contributed by atoms with Gasteiger partial charge in [-0.1, -0.05) is 35.9 Å². The van der Waals surface area contributed by atoms with Gasteiger partial charge in [-0.25, -0.2) is 8.42 Å². The molecule has 0 atom stereocenters. The van der Waals surface area contributed by atoms with E-state index in [1.807, 2.05) is 25.1 Å². The van der Waals surface area contributed by atoms with Crippen LogP contribution in [-0.4, -0.2) is 31.6 Å². The lowest BCUT2D eigenvalue weighted by molar-refractivity contribution is 0.0694. The van der Waals surface area contributed by atoms with E-state index in [1.165, 1.54) is 0 Å². The van der Waals surface area contributed by atoms with Crippen LogP contribution in [0.5, 0.6) is 0 Å². The number of rotatable bonds is 7. The third kappa shape index (κ3) is 6.17. The molecule has 3 aromatic carbocycles. The Morgan fingerprint density at radius 3 is 2.26 bits per heavy atom. The molecule has 0 saturated heterocycles. The Labute approximate surface area is 206 Å². The lowest BCUT2D eigenvalue weighted by Gasteiger charge is -2.18. The van der Waals surface area contributed by atoms with Gasteiger partial charge in [-0.15, -0.1) is 0 Å². The number of sulfonamides is 1. The van der Waals surface area contributed by atoms with Crippen molar-refractivity contribution in [2.75, 3.05) is 11.3 Å². The number of hydrogen-bond acceptors (Lipinski definition) is 4. The molecule has 180 valence electrons. The first-order valence-corrected chi connectivity index (χ1v) is 12.6. The summed E-state index contributed by atoms with van der Waals surface area (Å²) in [5.41, 5.74) is 3.60. The lowest BCUT2D eigenvalue weighted by atomic mass is 9.99. The van der Waals surface area contributed by atoms with E-state index in [4.69, 9.17) is 11.6 Å². The number of amides is 1. The second-order valence-corrected chi connectivity index (χ2v) is 11.1. The van der Waals surface area contributed by atoms with Crippen molar-refractivity contribution in [2.45, 2.75) is 45.1 Å². The van der Waals surface area contributed by atoms with E-state index in [1.54, 1.807) is 64.1 Å². The van der Waals surface area contributed by atoms with Crippen LogP contribution in [0.3, 0.4) is 0 Å². The van der Waals surface area contributed by atoms with Crippen LogP contribution in [0.15, 0.2) is 59.5 Å². The highest BCUT2D eigenvalue weighted by Gasteiger charge is 2.19. The minimum absolute atomic E-state index is 0.141. The fraction of sp³-hybridized carbons (Fsp3) is 0.269. The molecule has 0 unspecified atom stereocenters. The van der Waals surface area contributed by atoms with E-state index in [2.05, 4.69) is 10.0 Å². The molecule has 34 heavy (non-hydrogen) atoms. The molecule has 0 aliphatic rings. The standard InChI is InChI=1S/C26H29ClN2O4S/c1-16-11-20(9-10-22(16)25(30)28-15-26(4,5)31)19-7-6-8-21(14-19)29-34(32,33)24-13-17(2)23(27)12-18(24)3/h6-14,29,31H,15H2,1-5H3,(H,28,30). The molecule has 1 amide bonds. The number of hydrogen-bond donors (Lipinski definition) is 3. The van der Waals surface area contributed by atoms with Crippen LogP contribution in [0, 0.1) is 20.8 Å². The van der Waals surface area contributed by atoms with E-state index >= 15 is 0 Å². The van der Waals surface area contributed by atoms with Gasteiger partial charge in [0.1, 0.15) is 0 Å². The fourth-order valence-corrected chi connectivity index (χ4v) is 5.09. The highest BCUT2D eigenvalue weighted by Crippen LogP contribution is 2.28. The fourth-order valence-electron chi connectivity index (χ4n) is 3.51. The van der Waals surface area contributed by atoms with E-state index in [0.29, 0.717) is 27.4 Å². The van der Waals surface area contributed by atoms with E-state index in [-0.39, 0.29) is 17.3 Å². The van der Waals surface area contributed by atoms with E-state index in [9.17, 15) is 18.3 Å². The monoisotopic (exact) mass is 500 g/mol. The summed E-state index contributed by atoms with van der Waals surface area (Å²) in [6.45, 7) is 8.69. The first kappa shape index (κ1) is 25.7. The van der Waals surface area contributed by atoms with Gasteiger partial charge in [0, 0.05) is 22.8 Å². The zero-order chi connectivity index (χ0) is 25.3. The summed E-state index contributed by atoms with van der Waals surface area (Å²) in [6, 6.07) is 15.7. The Morgan fingerprint density at radius 1 is 0.941 bits per heavy atom. The van der Waals surface area contributed by atoms with Crippen molar-refractivity contribution in [3.8, 4) is 11.1 Å². The Bertz CT molecular complexity index is 1350. The molecule has 0 bridgehead atoms. The van der Waals surface area contributed by atoms with Gasteiger partial charge in [-0.3, -0.25) is 9.52 Å². The number of halogens is 1. The molecular formula is C26H29ClN2O4S. The number of carbonyl (C=O) groups is 1. The molecule has 3 N–H and O–H groups in total. The molecule has 0 aliphatic heterocycles. The highest BCUT2D eigenvalue weighted by molar-refractivity contribution is 7.92. The van der Waals surface area contributed by atoms with Crippen LogP contribution in [0.4, 0.5) is 5.69 Å². The van der Waals surface area contributed by atoms with Gasteiger partial charge in [0.15, 0.2) is 0 Å². The van der Waals surface area contributed by atoms with Gasteiger partial charge < -0.3 is 10.4 Å². The van der Waals surface area contributed by atoms with Crippen molar-refractivity contribution in [1.82, 2.24) is 5.32 Å². The third-order valence-electron chi connectivity index (χ3n) is 5.35. The molecule has 0 spiro atoms. The van der Waals surface area contributed by atoms with Crippen LogP contribution in [0.2, 0.25) is 5.02 Å².